The van der Waals surface area contributed by atoms with E-state index in [-0.39, 0.29) is 39.6 Å². The predicted molar refractivity (Wildman–Crippen MR) is 29.8 cm³/mol. The Kier molecular flexibility index (Phi) is 2260. The van der Waals surface area contributed by atoms with Gasteiger partial charge in [-0.3, -0.25) is 0 Å². The van der Waals surface area contributed by atoms with Crippen molar-refractivity contribution in [3.63, 3.8) is 0 Å². The predicted octanol–water partition coefficient (Wildman–Crippen LogP) is 0.573. The average Bonchev–Trinajstić information content (AvgIpc) is 2.33. The average molecular weight is 414 g/mol. The molecule has 0 N–H and O–H groups in total. The van der Waals surface area contributed by atoms with Gasteiger partial charge in [0.2, 0.25) is 0 Å². The summed E-state index contributed by atoms with van der Waals surface area (Å²) in [7, 11) is 0. The van der Waals surface area contributed by atoms with Crippen LogP contribution in [0.15, 0.2) is 0 Å². The molecule has 0 spiro atoms. The summed E-state index contributed by atoms with van der Waals surface area (Å²) < 4.78 is 0. The first-order chi connectivity index (χ1) is 6.00. The third-order valence-corrected chi connectivity index (χ3v) is 0. The summed E-state index contributed by atoms with van der Waals surface area (Å²) in [5, 5.41) is 37.5. The largest absolute Gasteiger partial charge is 2.00 e. The summed E-state index contributed by atoms with van der Waals surface area (Å²) in [4.78, 5) is 0. The van der Waals surface area contributed by atoms with E-state index < -0.39 is 0 Å². The van der Waals surface area contributed by atoms with Crippen LogP contribution >= 0.6 is 0 Å². The first-order valence-electron chi connectivity index (χ1n) is 1.34. The van der Waals surface area contributed by atoms with Crippen LogP contribution in [-0.2, 0) is 39.6 Å². The Bertz CT molecular complexity index is 97.3. The van der Waals surface area contributed by atoms with Gasteiger partial charge in [-0.2, -0.15) is 0 Å². The van der Waals surface area contributed by atoms with E-state index in [1.54, 1.807) is 0 Å². The van der Waals surface area contributed by atoms with E-state index in [0.29, 0.717) is 0 Å². The summed E-state index contributed by atoms with van der Waals surface area (Å²) in [6, 6.07) is 0. The van der Waals surface area contributed by atoms with Crippen LogP contribution in [0.1, 0.15) is 0 Å². The molecule has 0 aromatic rings. The number of nitrogens with zero attached hydrogens (tertiary/aromatic N) is 6. The van der Waals surface area contributed by atoms with Crippen LogP contribution < -0.4 is 0 Å². The second-order valence-corrected chi connectivity index (χ2v) is 0. The molecule has 0 saturated carbocycles. The number of hydrogen-bond donors (Lipinski definition) is 0. The molecule has 0 amide bonds. The van der Waals surface area contributed by atoms with Crippen molar-refractivity contribution in [1.82, 2.24) is 0 Å². The number of rotatable bonds is 0. The molecule has 0 aromatic heterocycles. The molecule has 0 fully saturated rings. The normalized spacial score (nSPS) is 0.857. The zero-order valence-corrected chi connectivity index (χ0v) is 12.1. The van der Waals surface area contributed by atoms with Crippen LogP contribution in [0.5, 0.6) is 0 Å². The fourth-order valence-electron chi connectivity index (χ4n) is 0. The Morgan fingerprint density at radius 1 is 0.357 bits per heavy atom. The molecular formula is C6IrN6Zn-4. The van der Waals surface area contributed by atoms with E-state index >= 15 is 0 Å². The Balaban J connectivity index is -0.00000000500. The summed E-state index contributed by atoms with van der Waals surface area (Å²) in [5.41, 5.74) is 0. The van der Waals surface area contributed by atoms with E-state index in [9.17, 15) is 0 Å². The molecule has 6 nitrogen and oxygen atoms in total. The Morgan fingerprint density at radius 3 is 0.357 bits per heavy atom. The maximum Gasteiger partial charge on any atom is 2.00 e. The molecule has 0 aliphatic rings. The Hall–Kier alpha value is -1.79. The quantitative estimate of drug-likeness (QED) is 0.419. The minimum absolute atomic E-state index is 0. The molecular weight excluding hydrogens is 414 g/mol. The molecule has 0 aliphatic carbocycles. The summed E-state index contributed by atoms with van der Waals surface area (Å²) in [6.45, 7) is 28.5. The van der Waals surface area contributed by atoms with Gasteiger partial charge in [0.05, 0.1) is 0 Å². The molecule has 0 rings (SSSR count). The minimum atomic E-state index is 0. The SMILES string of the molecule is [C-]#N.[C-]#N.[C-]#N.[C-]#N.[C-]#N.[C-]#N.[Ir].[Zn+2]. The van der Waals surface area contributed by atoms with Crippen molar-refractivity contribution in [1.29, 1.82) is 31.6 Å². The van der Waals surface area contributed by atoms with Gasteiger partial charge in [0.25, 0.3) is 0 Å². The first kappa shape index (κ1) is 86.5. The molecule has 0 aromatic carbocycles. The van der Waals surface area contributed by atoms with Crippen molar-refractivity contribution in [3.8, 4) is 0 Å². The molecule has 0 atom stereocenters. The smallest absolute Gasteiger partial charge is 0.512 e. The van der Waals surface area contributed by atoms with Crippen LogP contribution in [0.2, 0.25) is 0 Å². The second-order valence-electron chi connectivity index (χ2n) is 0. The van der Waals surface area contributed by atoms with Crippen LogP contribution in [0.3, 0.4) is 0 Å². The first-order valence-corrected chi connectivity index (χ1v) is 1.34. The van der Waals surface area contributed by atoms with Gasteiger partial charge in [-0.25, -0.2) is 0 Å². The van der Waals surface area contributed by atoms with Crippen molar-refractivity contribution in [3.05, 3.63) is 39.4 Å². The fourth-order valence-corrected chi connectivity index (χ4v) is 0. The monoisotopic (exact) mass is 413 g/mol. The third-order valence-electron chi connectivity index (χ3n) is 0. The molecule has 8 heteroatoms. The van der Waals surface area contributed by atoms with Gasteiger partial charge in [0.15, 0.2) is 0 Å². The van der Waals surface area contributed by atoms with Crippen LogP contribution in [0.25, 0.3) is 0 Å². The second kappa shape index (κ2) is 366. The molecule has 0 heterocycles. The van der Waals surface area contributed by atoms with E-state index in [1.807, 2.05) is 0 Å². The van der Waals surface area contributed by atoms with Crippen molar-refractivity contribution in [2.45, 2.75) is 0 Å². The van der Waals surface area contributed by atoms with Gasteiger partial charge >= 0.3 is 19.5 Å². The topological polar surface area (TPSA) is 143 Å². The van der Waals surface area contributed by atoms with E-state index in [4.69, 9.17) is 71.0 Å². The van der Waals surface area contributed by atoms with E-state index in [1.165, 1.54) is 0 Å². The maximum absolute atomic E-state index is 6.25. The van der Waals surface area contributed by atoms with Crippen molar-refractivity contribution < 1.29 is 39.6 Å². The van der Waals surface area contributed by atoms with Gasteiger partial charge in [-0.15, -0.1) is 0 Å². The molecule has 69 valence electrons. The van der Waals surface area contributed by atoms with Crippen molar-refractivity contribution in [2.75, 3.05) is 0 Å². The Morgan fingerprint density at radius 2 is 0.357 bits per heavy atom. The van der Waals surface area contributed by atoms with Crippen molar-refractivity contribution in [2.24, 2.45) is 0 Å². The van der Waals surface area contributed by atoms with Crippen LogP contribution in [0.4, 0.5) is 0 Å². The summed E-state index contributed by atoms with van der Waals surface area (Å²) in [5.74, 6) is 0. The molecule has 0 unspecified atom stereocenters. The molecule has 1 radical (unpaired) electrons. The third kappa shape index (κ3) is 271. The standard InChI is InChI=1S/6CN.Ir.Zn/c6*1-2;;/q6*-1;;+2. The van der Waals surface area contributed by atoms with E-state index in [2.05, 4.69) is 0 Å². The van der Waals surface area contributed by atoms with E-state index in [0.717, 1.165) is 0 Å². The van der Waals surface area contributed by atoms with Gasteiger partial charge in [-0.05, 0) is 0 Å². The number of hydrogen-bond acceptors (Lipinski definition) is 6. The minimum Gasteiger partial charge on any atom is -0.512 e. The molecule has 0 bridgehead atoms. The van der Waals surface area contributed by atoms with Gasteiger partial charge in [0.1, 0.15) is 0 Å². The molecule has 14 heavy (non-hydrogen) atoms. The van der Waals surface area contributed by atoms with Gasteiger partial charge in [0, 0.05) is 20.1 Å². The van der Waals surface area contributed by atoms with Gasteiger partial charge in [-0.1, -0.05) is 0 Å². The maximum atomic E-state index is 6.25. The Labute approximate surface area is 110 Å². The van der Waals surface area contributed by atoms with Crippen LogP contribution in [0, 0.1) is 71.0 Å². The zero-order chi connectivity index (χ0) is 12.0. The summed E-state index contributed by atoms with van der Waals surface area (Å²) in [6.07, 6.45) is 0. The van der Waals surface area contributed by atoms with Crippen molar-refractivity contribution >= 4 is 0 Å². The zero-order valence-electron chi connectivity index (χ0n) is 6.72. The van der Waals surface area contributed by atoms with Gasteiger partial charge < -0.3 is 71.0 Å². The molecule has 0 aliphatic heterocycles. The van der Waals surface area contributed by atoms with Crippen LogP contribution in [-0.4, -0.2) is 0 Å². The molecule has 0 saturated heterocycles. The fraction of sp³-hybridized carbons (Fsp3) is 0. The summed E-state index contributed by atoms with van der Waals surface area (Å²) >= 11 is 0.